The molecule has 1 spiro atoms. The van der Waals surface area contributed by atoms with Gasteiger partial charge in [0, 0.05) is 12.2 Å². The van der Waals surface area contributed by atoms with E-state index in [-0.39, 0.29) is 22.2 Å². The summed E-state index contributed by atoms with van der Waals surface area (Å²) >= 11 is 0. The fourth-order valence-electron chi connectivity index (χ4n) is 7.50. The minimum Gasteiger partial charge on any atom is -0.478 e. The molecule has 0 amide bonds. The Balaban J connectivity index is 1.75. The van der Waals surface area contributed by atoms with Gasteiger partial charge in [-0.05, 0) is 78.9 Å². The highest BCUT2D eigenvalue weighted by Crippen LogP contribution is 2.70. The van der Waals surface area contributed by atoms with Gasteiger partial charge in [0.25, 0.3) is 0 Å². The lowest BCUT2D eigenvalue weighted by Gasteiger charge is -2.64. The zero-order valence-electron chi connectivity index (χ0n) is 14.5. The van der Waals surface area contributed by atoms with Gasteiger partial charge in [-0.3, -0.25) is 0 Å². The van der Waals surface area contributed by atoms with Crippen LogP contribution < -0.4 is 0 Å². The van der Waals surface area contributed by atoms with Gasteiger partial charge < -0.3 is 10.2 Å². The maximum atomic E-state index is 11.6. The second kappa shape index (κ2) is 4.84. The molecule has 3 heteroatoms. The summed E-state index contributed by atoms with van der Waals surface area (Å²) in [7, 11) is 0. The normalized spacial score (nSPS) is 51.6. The van der Waals surface area contributed by atoms with Crippen LogP contribution in [0.5, 0.6) is 0 Å². The van der Waals surface area contributed by atoms with Gasteiger partial charge in [0.15, 0.2) is 0 Å². The third-order valence-electron chi connectivity index (χ3n) is 8.41. The first-order valence-corrected chi connectivity index (χ1v) is 9.42. The summed E-state index contributed by atoms with van der Waals surface area (Å²) in [6, 6.07) is 0. The molecule has 0 aromatic rings. The van der Waals surface area contributed by atoms with E-state index in [1.54, 1.807) is 0 Å². The number of hydrogen-bond acceptors (Lipinski definition) is 2. The second-order valence-corrected chi connectivity index (χ2v) is 9.43. The van der Waals surface area contributed by atoms with Crippen molar-refractivity contribution >= 4 is 5.97 Å². The van der Waals surface area contributed by atoms with Crippen molar-refractivity contribution in [1.82, 2.24) is 0 Å². The van der Waals surface area contributed by atoms with Crippen LogP contribution in [0.3, 0.4) is 0 Å². The van der Waals surface area contributed by atoms with E-state index in [2.05, 4.69) is 19.9 Å². The molecule has 4 rings (SSSR count). The standard InChI is InChI=1S/C20H30O3/c1-18(12-21)7-3-8-19(2)15(18)6-9-20-10-13(4-5-16(19)20)14(11-20)17(22)23/h11,13,15-16,21H,3-10,12H2,1-2H3,(H,22,23)/t13-,15-,16+,18+,19-,20+/m1/s1. The van der Waals surface area contributed by atoms with Crippen LogP contribution in [-0.2, 0) is 4.79 Å². The predicted molar refractivity (Wildman–Crippen MR) is 88.9 cm³/mol. The Kier molecular flexibility index (Phi) is 3.30. The zero-order valence-corrected chi connectivity index (χ0v) is 14.5. The molecule has 2 N–H and O–H groups in total. The van der Waals surface area contributed by atoms with E-state index in [1.165, 1.54) is 19.3 Å². The van der Waals surface area contributed by atoms with Crippen LogP contribution in [0.2, 0.25) is 0 Å². The highest BCUT2D eigenvalue weighted by atomic mass is 16.4. The monoisotopic (exact) mass is 318 g/mol. The van der Waals surface area contributed by atoms with Gasteiger partial charge in [-0.15, -0.1) is 0 Å². The first kappa shape index (κ1) is 15.7. The molecule has 3 nitrogen and oxygen atoms in total. The molecule has 23 heavy (non-hydrogen) atoms. The summed E-state index contributed by atoms with van der Waals surface area (Å²) in [5, 5.41) is 19.6. The molecule has 2 bridgehead atoms. The molecule has 0 saturated heterocycles. The van der Waals surface area contributed by atoms with Crippen LogP contribution in [0.1, 0.15) is 65.2 Å². The number of carboxylic acid groups (broad SMARTS) is 1. The van der Waals surface area contributed by atoms with Crippen molar-refractivity contribution in [3.63, 3.8) is 0 Å². The molecule has 4 aliphatic rings. The van der Waals surface area contributed by atoms with Crippen LogP contribution in [-0.4, -0.2) is 22.8 Å². The molecule has 0 unspecified atom stereocenters. The topological polar surface area (TPSA) is 57.5 Å². The Labute approximate surface area is 139 Å². The molecule has 0 aliphatic heterocycles. The highest BCUT2D eigenvalue weighted by molar-refractivity contribution is 5.88. The Morgan fingerprint density at radius 2 is 1.96 bits per heavy atom. The lowest BCUT2D eigenvalue weighted by molar-refractivity contribution is -0.149. The van der Waals surface area contributed by atoms with Gasteiger partial charge >= 0.3 is 5.97 Å². The van der Waals surface area contributed by atoms with E-state index in [9.17, 15) is 15.0 Å². The number of carbonyl (C=O) groups is 1. The first-order valence-electron chi connectivity index (χ1n) is 9.42. The highest BCUT2D eigenvalue weighted by Gasteiger charge is 2.63. The number of aliphatic carboxylic acids is 1. The number of carboxylic acids is 1. The molecule has 6 atom stereocenters. The third-order valence-corrected chi connectivity index (χ3v) is 8.41. The number of fused-ring (bicyclic) bond motifs is 3. The largest absolute Gasteiger partial charge is 0.478 e. The van der Waals surface area contributed by atoms with Crippen molar-refractivity contribution < 1.29 is 15.0 Å². The SMILES string of the molecule is C[C@@]1(CO)CCC[C@]2(C)[C@@H]1CC[C@]13C=C(C(=O)O)[C@H](CC[C@H]12)C3. The predicted octanol–water partition coefficient (Wildman–Crippen LogP) is 4.01. The van der Waals surface area contributed by atoms with Crippen molar-refractivity contribution in [3.8, 4) is 0 Å². The fraction of sp³-hybridized carbons (Fsp3) is 0.850. The van der Waals surface area contributed by atoms with Crippen molar-refractivity contribution in [2.24, 2.45) is 34.0 Å². The molecule has 128 valence electrons. The van der Waals surface area contributed by atoms with Gasteiger partial charge in [-0.25, -0.2) is 4.79 Å². The van der Waals surface area contributed by atoms with Crippen LogP contribution in [0.4, 0.5) is 0 Å². The quantitative estimate of drug-likeness (QED) is 0.808. The Hall–Kier alpha value is -0.830. The molecular formula is C20H30O3. The van der Waals surface area contributed by atoms with Gasteiger partial charge in [-0.2, -0.15) is 0 Å². The number of rotatable bonds is 2. The minimum atomic E-state index is -0.691. The Bertz CT molecular complexity index is 567. The van der Waals surface area contributed by atoms with E-state index < -0.39 is 5.97 Å². The van der Waals surface area contributed by atoms with Crippen LogP contribution >= 0.6 is 0 Å². The lowest BCUT2D eigenvalue weighted by Crippen LogP contribution is -2.57. The van der Waals surface area contributed by atoms with Crippen molar-refractivity contribution in [2.75, 3.05) is 6.61 Å². The fourth-order valence-corrected chi connectivity index (χ4v) is 7.50. The van der Waals surface area contributed by atoms with Gasteiger partial charge in [-0.1, -0.05) is 26.3 Å². The zero-order chi connectivity index (χ0) is 16.5. The number of aliphatic hydroxyl groups excluding tert-OH is 1. The number of hydrogen-bond donors (Lipinski definition) is 2. The maximum absolute atomic E-state index is 11.6. The Morgan fingerprint density at radius 3 is 2.65 bits per heavy atom. The molecule has 4 aliphatic carbocycles. The Morgan fingerprint density at radius 1 is 1.17 bits per heavy atom. The molecule has 0 radical (unpaired) electrons. The molecule has 3 saturated carbocycles. The van der Waals surface area contributed by atoms with Crippen LogP contribution in [0, 0.1) is 34.0 Å². The minimum absolute atomic E-state index is 0.0589. The van der Waals surface area contributed by atoms with Crippen molar-refractivity contribution in [3.05, 3.63) is 11.6 Å². The smallest absolute Gasteiger partial charge is 0.331 e. The van der Waals surface area contributed by atoms with E-state index in [1.807, 2.05) is 0 Å². The van der Waals surface area contributed by atoms with E-state index in [0.717, 1.165) is 32.1 Å². The number of allylic oxidation sites excluding steroid dienone is 1. The average Bonchev–Trinajstić information content (AvgIpc) is 2.78. The summed E-state index contributed by atoms with van der Waals surface area (Å²) in [4.78, 5) is 11.6. The summed E-state index contributed by atoms with van der Waals surface area (Å²) in [6.07, 6.45) is 11.3. The summed E-state index contributed by atoms with van der Waals surface area (Å²) in [5.74, 6) is 0.789. The van der Waals surface area contributed by atoms with Crippen LogP contribution in [0.15, 0.2) is 11.6 Å². The average molecular weight is 318 g/mol. The van der Waals surface area contributed by atoms with Gasteiger partial charge in [0.05, 0.1) is 0 Å². The second-order valence-electron chi connectivity index (χ2n) is 9.43. The molecular weight excluding hydrogens is 288 g/mol. The summed E-state index contributed by atoms with van der Waals surface area (Å²) in [5.41, 5.74) is 1.16. The molecule has 0 aromatic carbocycles. The summed E-state index contributed by atoms with van der Waals surface area (Å²) in [6.45, 7) is 5.04. The number of aliphatic hydroxyl groups is 1. The van der Waals surface area contributed by atoms with Gasteiger partial charge in [0.1, 0.15) is 0 Å². The van der Waals surface area contributed by atoms with Crippen molar-refractivity contribution in [1.29, 1.82) is 0 Å². The van der Waals surface area contributed by atoms with E-state index >= 15 is 0 Å². The summed E-state index contributed by atoms with van der Waals surface area (Å²) < 4.78 is 0. The molecule has 3 fully saturated rings. The molecule has 0 heterocycles. The first-order chi connectivity index (χ1) is 10.8. The van der Waals surface area contributed by atoms with Gasteiger partial charge in [0.2, 0.25) is 0 Å². The third kappa shape index (κ3) is 1.95. The van der Waals surface area contributed by atoms with E-state index in [0.29, 0.717) is 24.0 Å². The molecule has 0 aromatic heterocycles. The van der Waals surface area contributed by atoms with Crippen molar-refractivity contribution in [2.45, 2.75) is 65.2 Å². The van der Waals surface area contributed by atoms with E-state index in [4.69, 9.17) is 0 Å². The maximum Gasteiger partial charge on any atom is 0.331 e. The lowest BCUT2D eigenvalue weighted by atomic mass is 9.41. The van der Waals surface area contributed by atoms with Crippen LogP contribution in [0.25, 0.3) is 0 Å².